The van der Waals surface area contributed by atoms with Crippen molar-refractivity contribution in [1.82, 2.24) is 0 Å². The third kappa shape index (κ3) is 6.69. The Kier molecular flexibility index (Phi) is 7.64. The summed E-state index contributed by atoms with van der Waals surface area (Å²) >= 11 is 0. The van der Waals surface area contributed by atoms with Crippen LogP contribution in [0.3, 0.4) is 0 Å². The van der Waals surface area contributed by atoms with E-state index in [9.17, 15) is 0 Å². The van der Waals surface area contributed by atoms with Gasteiger partial charge in [0.2, 0.25) is 0 Å². The minimum atomic E-state index is 0.621. The topological polar surface area (TPSA) is 0 Å². The van der Waals surface area contributed by atoms with Crippen LogP contribution in [-0.4, -0.2) is 0 Å². The highest BCUT2D eigenvalue weighted by atomic mass is 14.1. The van der Waals surface area contributed by atoms with Crippen molar-refractivity contribution >= 4 is 0 Å². The van der Waals surface area contributed by atoms with E-state index >= 15 is 0 Å². The molecular weight excluding hydrogens is 144 g/mol. The summed E-state index contributed by atoms with van der Waals surface area (Å²) in [7, 11) is 0. The number of hydrogen-bond donors (Lipinski definition) is 0. The van der Waals surface area contributed by atoms with Crippen LogP contribution < -0.4 is 0 Å². The van der Waals surface area contributed by atoms with Crippen LogP contribution in [0.5, 0.6) is 0 Å². The molecule has 0 rings (SSSR count). The zero-order valence-corrected chi connectivity index (χ0v) is 9.10. The van der Waals surface area contributed by atoms with E-state index in [1.54, 1.807) is 0 Å². The molecule has 2 unspecified atom stereocenters. The van der Waals surface area contributed by atoms with Crippen molar-refractivity contribution in [3.8, 4) is 0 Å². The zero-order valence-electron chi connectivity index (χ0n) is 9.10. The second kappa shape index (κ2) is 7.64. The molecule has 2 atom stereocenters. The van der Waals surface area contributed by atoms with Crippen molar-refractivity contribution in [3.63, 3.8) is 0 Å². The van der Waals surface area contributed by atoms with Crippen molar-refractivity contribution in [3.05, 3.63) is 6.92 Å². The summed E-state index contributed by atoms with van der Waals surface area (Å²) in [5, 5.41) is 0. The Morgan fingerprint density at radius 2 is 1.58 bits per heavy atom. The van der Waals surface area contributed by atoms with E-state index in [2.05, 4.69) is 27.7 Å². The lowest BCUT2D eigenvalue weighted by Gasteiger charge is -2.14. The van der Waals surface area contributed by atoms with Crippen molar-refractivity contribution in [1.29, 1.82) is 0 Å². The highest BCUT2D eigenvalue weighted by Crippen LogP contribution is 2.17. The molecule has 0 aliphatic rings. The van der Waals surface area contributed by atoms with Crippen LogP contribution in [0.2, 0.25) is 0 Å². The molecule has 0 saturated heterocycles. The first-order valence-corrected chi connectivity index (χ1v) is 5.51. The maximum atomic E-state index is 4.05. The summed E-state index contributed by atoms with van der Waals surface area (Å²) in [6, 6.07) is 0. The van der Waals surface area contributed by atoms with Gasteiger partial charge in [0, 0.05) is 0 Å². The van der Waals surface area contributed by atoms with Crippen LogP contribution in [0, 0.1) is 18.8 Å². The third-order valence-electron chi connectivity index (χ3n) is 2.73. The summed E-state index contributed by atoms with van der Waals surface area (Å²) in [5.41, 5.74) is 0. The lowest BCUT2D eigenvalue weighted by Crippen LogP contribution is -2.03. The van der Waals surface area contributed by atoms with Crippen molar-refractivity contribution in [2.24, 2.45) is 11.8 Å². The quantitative estimate of drug-likeness (QED) is 0.494. The fourth-order valence-electron chi connectivity index (χ4n) is 1.35. The molecule has 0 N–H and O–H groups in total. The van der Waals surface area contributed by atoms with E-state index < -0.39 is 0 Å². The minimum Gasteiger partial charge on any atom is -0.0654 e. The summed E-state index contributed by atoms with van der Waals surface area (Å²) in [6.45, 7) is 10.9. The van der Waals surface area contributed by atoms with Gasteiger partial charge >= 0.3 is 0 Å². The first kappa shape index (κ1) is 12.0. The molecule has 0 heterocycles. The van der Waals surface area contributed by atoms with Crippen LogP contribution >= 0.6 is 0 Å². The van der Waals surface area contributed by atoms with Gasteiger partial charge in [-0.1, -0.05) is 66.2 Å². The molecule has 1 radical (unpaired) electrons. The normalized spacial score (nSPS) is 13.8. The van der Waals surface area contributed by atoms with Crippen LogP contribution in [0.4, 0.5) is 0 Å². The summed E-state index contributed by atoms with van der Waals surface area (Å²) in [6.07, 6.45) is 8.38. The van der Waals surface area contributed by atoms with Gasteiger partial charge in [-0.25, -0.2) is 0 Å². The van der Waals surface area contributed by atoms with E-state index in [4.69, 9.17) is 0 Å². The minimum absolute atomic E-state index is 0.621. The first-order chi connectivity index (χ1) is 5.68. The molecule has 0 spiro atoms. The molecule has 12 heavy (non-hydrogen) atoms. The summed E-state index contributed by atoms with van der Waals surface area (Å²) in [4.78, 5) is 0. The largest absolute Gasteiger partial charge is 0.0654 e. The Hall–Kier alpha value is 0. The molecule has 0 aromatic carbocycles. The Bertz CT molecular complexity index is 84.0. The average molecular weight is 169 g/mol. The number of hydrogen-bond acceptors (Lipinski definition) is 0. The van der Waals surface area contributed by atoms with E-state index in [0.717, 1.165) is 5.92 Å². The Balaban J connectivity index is 3.08. The third-order valence-corrected chi connectivity index (χ3v) is 2.73. The van der Waals surface area contributed by atoms with Gasteiger partial charge in [0.05, 0.1) is 0 Å². The maximum Gasteiger partial charge on any atom is -0.0417 e. The molecule has 0 aromatic rings. The van der Waals surface area contributed by atoms with Crippen LogP contribution in [0.15, 0.2) is 0 Å². The van der Waals surface area contributed by atoms with E-state index in [-0.39, 0.29) is 0 Å². The Morgan fingerprint density at radius 3 is 2.08 bits per heavy atom. The lowest BCUT2D eigenvalue weighted by atomic mass is 9.92. The fourth-order valence-corrected chi connectivity index (χ4v) is 1.35. The highest BCUT2D eigenvalue weighted by molar-refractivity contribution is 4.63. The van der Waals surface area contributed by atoms with Gasteiger partial charge in [0.15, 0.2) is 0 Å². The Labute approximate surface area is 78.8 Å². The van der Waals surface area contributed by atoms with Gasteiger partial charge in [-0.2, -0.15) is 0 Å². The molecular formula is C12H25. The second-order valence-corrected chi connectivity index (χ2v) is 4.16. The monoisotopic (exact) mass is 169 g/mol. The van der Waals surface area contributed by atoms with E-state index in [0.29, 0.717) is 5.92 Å². The Morgan fingerprint density at radius 1 is 1.00 bits per heavy atom. The van der Waals surface area contributed by atoms with Gasteiger partial charge in [-0.05, 0) is 11.8 Å². The molecule has 0 heteroatoms. The van der Waals surface area contributed by atoms with Crippen molar-refractivity contribution in [2.45, 2.75) is 59.3 Å². The average Bonchev–Trinajstić information content (AvgIpc) is 2.03. The molecule has 0 bridgehead atoms. The second-order valence-electron chi connectivity index (χ2n) is 4.16. The summed E-state index contributed by atoms with van der Waals surface area (Å²) in [5.74, 6) is 1.43. The molecule has 73 valence electrons. The first-order valence-electron chi connectivity index (χ1n) is 5.51. The molecule has 0 nitrogen and oxygen atoms in total. The predicted octanol–water partition coefficient (Wildman–Crippen LogP) is 4.45. The molecule has 0 aliphatic heterocycles. The molecule has 0 aromatic heterocycles. The SMILES string of the molecule is [CH2]C(C)C(C)CCCCCCC. The van der Waals surface area contributed by atoms with Gasteiger partial charge in [-0.3, -0.25) is 0 Å². The molecule has 0 aliphatic carbocycles. The van der Waals surface area contributed by atoms with Gasteiger partial charge < -0.3 is 0 Å². The number of unbranched alkanes of at least 4 members (excludes halogenated alkanes) is 4. The zero-order chi connectivity index (χ0) is 9.40. The maximum absolute atomic E-state index is 4.05. The fraction of sp³-hybridized carbons (Fsp3) is 0.917. The van der Waals surface area contributed by atoms with Gasteiger partial charge in [0.25, 0.3) is 0 Å². The lowest BCUT2D eigenvalue weighted by molar-refractivity contribution is 0.403. The standard InChI is InChI=1S/C12H25/c1-5-6-7-8-9-10-12(4)11(2)3/h11-12H,2,5-10H2,1,3-4H3. The van der Waals surface area contributed by atoms with Crippen molar-refractivity contribution < 1.29 is 0 Å². The van der Waals surface area contributed by atoms with Gasteiger partial charge in [-0.15, -0.1) is 0 Å². The van der Waals surface area contributed by atoms with E-state index in [1.165, 1.54) is 38.5 Å². The molecule has 0 amide bonds. The summed E-state index contributed by atoms with van der Waals surface area (Å²) < 4.78 is 0. The smallest absolute Gasteiger partial charge is 0.0417 e. The van der Waals surface area contributed by atoms with Crippen LogP contribution in [-0.2, 0) is 0 Å². The van der Waals surface area contributed by atoms with Crippen molar-refractivity contribution in [2.75, 3.05) is 0 Å². The van der Waals surface area contributed by atoms with Crippen LogP contribution in [0.1, 0.15) is 59.3 Å². The van der Waals surface area contributed by atoms with Gasteiger partial charge in [0.1, 0.15) is 0 Å². The highest BCUT2D eigenvalue weighted by Gasteiger charge is 2.05. The van der Waals surface area contributed by atoms with E-state index in [1.807, 2.05) is 0 Å². The molecule has 0 saturated carbocycles. The number of rotatable bonds is 7. The predicted molar refractivity (Wildman–Crippen MR) is 57.1 cm³/mol. The molecule has 0 fully saturated rings. The van der Waals surface area contributed by atoms with Crippen LogP contribution in [0.25, 0.3) is 0 Å².